The van der Waals surface area contributed by atoms with Crippen LogP contribution >= 0.6 is 11.3 Å². The van der Waals surface area contributed by atoms with Gasteiger partial charge in [0.05, 0.1) is 19.9 Å². The zero-order valence-corrected chi connectivity index (χ0v) is 16.7. The second-order valence-electron chi connectivity index (χ2n) is 6.08. The number of benzene rings is 2. The van der Waals surface area contributed by atoms with Crippen molar-refractivity contribution in [1.29, 1.82) is 0 Å². The Morgan fingerprint density at radius 2 is 1.93 bits per heavy atom. The van der Waals surface area contributed by atoms with Gasteiger partial charge in [-0.25, -0.2) is 9.37 Å². The Morgan fingerprint density at radius 3 is 2.61 bits per heavy atom. The number of rotatable bonds is 7. The summed E-state index contributed by atoms with van der Waals surface area (Å²) in [6, 6.07) is 11.2. The molecule has 0 unspecified atom stereocenters. The van der Waals surface area contributed by atoms with Gasteiger partial charge in [0.2, 0.25) is 0 Å². The minimum absolute atomic E-state index is 0.250. The van der Waals surface area contributed by atoms with E-state index in [1.807, 2.05) is 18.2 Å². The molecule has 0 aliphatic rings. The van der Waals surface area contributed by atoms with Crippen LogP contribution in [0.3, 0.4) is 0 Å². The summed E-state index contributed by atoms with van der Waals surface area (Å²) in [5, 5.41) is 3.25. The fourth-order valence-corrected chi connectivity index (χ4v) is 3.89. The average Bonchev–Trinajstić information content (AvgIpc) is 3.10. The van der Waals surface area contributed by atoms with Gasteiger partial charge in [0.15, 0.2) is 16.6 Å². The number of carbonyl (C=O) groups is 1. The van der Waals surface area contributed by atoms with Crippen molar-refractivity contribution in [2.45, 2.75) is 19.8 Å². The zero-order valence-electron chi connectivity index (χ0n) is 15.9. The van der Waals surface area contributed by atoms with Gasteiger partial charge >= 0.3 is 0 Å². The molecular formula is C21H21FN2O3S. The van der Waals surface area contributed by atoms with E-state index in [1.165, 1.54) is 29.5 Å². The van der Waals surface area contributed by atoms with Crippen molar-refractivity contribution in [1.82, 2.24) is 4.98 Å². The van der Waals surface area contributed by atoms with Crippen LogP contribution in [-0.2, 0) is 6.42 Å². The van der Waals surface area contributed by atoms with Gasteiger partial charge in [-0.1, -0.05) is 19.4 Å². The molecule has 3 aromatic rings. The molecule has 1 amide bonds. The molecule has 0 aliphatic heterocycles. The largest absolute Gasteiger partial charge is 0.493 e. The summed E-state index contributed by atoms with van der Waals surface area (Å²) in [4.78, 5) is 18.1. The third-order valence-corrected chi connectivity index (χ3v) is 5.17. The van der Waals surface area contributed by atoms with E-state index in [2.05, 4.69) is 17.2 Å². The van der Waals surface area contributed by atoms with Gasteiger partial charge in [0.25, 0.3) is 5.91 Å². The first kappa shape index (κ1) is 19.8. The predicted molar refractivity (Wildman–Crippen MR) is 109 cm³/mol. The van der Waals surface area contributed by atoms with E-state index in [1.54, 1.807) is 20.3 Å². The first-order chi connectivity index (χ1) is 13.5. The van der Waals surface area contributed by atoms with E-state index < -0.39 is 11.7 Å². The maximum atomic E-state index is 13.4. The van der Waals surface area contributed by atoms with Crippen LogP contribution in [0.4, 0.5) is 9.52 Å². The monoisotopic (exact) mass is 400 g/mol. The minimum atomic E-state index is -0.454. The minimum Gasteiger partial charge on any atom is -0.493 e. The summed E-state index contributed by atoms with van der Waals surface area (Å²) < 4.78 is 24.0. The van der Waals surface area contributed by atoms with Crippen molar-refractivity contribution in [3.8, 4) is 22.8 Å². The van der Waals surface area contributed by atoms with E-state index in [0.29, 0.717) is 16.6 Å². The summed E-state index contributed by atoms with van der Waals surface area (Å²) in [5.74, 6) is 0.401. The highest BCUT2D eigenvalue weighted by Gasteiger charge is 2.17. The maximum absolute atomic E-state index is 13.4. The Balaban J connectivity index is 1.93. The molecule has 1 heterocycles. The molecule has 28 heavy (non-hydrogen) atoms. The molecule has 2 aromatic carbocycles. The number of thiazole rings is 1. The van der Waals surface area contributed by atoms with Crippen LogP contribution in [0.2, 0.25) is 0 Å². The molecule has 146 valence electrons. The van der Waals surface area contributed by atoms with Crippen LogP contribution in [0.25, 0.3) is 11.3 Å². The van der Waals surface area contributed by atoms with Crippen LogP contribution in [0.15, 0.2) is 42.5 Å². The Morgan fingerprint density at radius 1 is 1.14 bits per heavy atom. The van der Waals surface area contributed by atoms with Gasteiger partial charge in [-0.15, -0.1) is 11.3 Å². The molecule has 0 fully saturated rings. The average molecular weight is 400 g/mol. The molecular weight excluding hydrogens is 379 g/mol. The molecule has 0 saturated heterocycles. The van der Waals surface area contributed by atoms with Gasteiger partial charge < -0.3 is 9.47 Å². The number of carbonyl (C=O) groups excluding carboxylic acids is 1. The van der Waals surface area contributed by atoms with E-state index in [0.717, 1.165) is 29.0 Å². The first-order valence-corrected chi connectivity index (χ1v) is 9.66. The number of hydrogen-bond acceptors (Lipinski definition) is 5. The molecule has 1 aromatic heterocycles. The van der Waals surface area contributed by atoms with Gasteiger partial charge in [-0.05, 0) is 42.8 Å². The fraction of sp³-hybridized carbons (Fsp3) is 0.238. The van der Waals surface area contributed by atoms with Gasteiger partial charge in [-0.2, -0.15) is 0 Å². The number of nitrogens with one attached hydrogen (secondary N) is 1. The van der Waals surface area contributed by atoms with Gasteiger partial charge in [0.1, 0.15) is 5.82 Å². The Labute approximate surface area is 167 Å². The molecule has 3 rings (SSSR count). The number of ether oxygens (including phenoxy) is 2. The molecule has 0 atom stereocenters. The Kier molecular flexibility index (Phi) is 6.26. The highest BCUT2D eigenvalue weighted by atomic mass is 32.1. The van der Waals surface area contributed by atoms with Crippen LogP contribution in [0.1, 0.15) is 28.6 Å². The molecule has 0 saturated carbocycles. The van der Waals surface area contributed by atoms with Gasteiger partial charge in [-0.3, -0.25) is 10.1 Å². The second-order valence-corrected chi connectivity index (χ2v) is 7.16. The van der Waals surface area contributed by atoms with Crippen molar-refractivity contribution < 1.29 is 18.7 Å². The van der Waals surface area contributed by atoms with Crippen molar-refractivity contribution in [2.24, 2.45) is 0 Å². The SMILES string of the molecule is CCCc1sc(NC(=O)c2cccc(F)c2)nc1-c1ccc(OC)c(OC)c1. The number of anilines is 1. The molecule has 0 radical (unpaired) electrons. The van der Waals surface area contributed by atoms with Crippen LogP contribution < -0.4 is 14.8 Å². The van der Waals surface area contributed by atoms with Crippen molar-refractivity contribution in [3.63, 3.8) is 0 Å². The Bertz CT molecular complexity index is 988. The summed E-state index contributed by atoms with van der Waals surface area (Å²) in [6.07, 6.45) is 1.77. The van der Waals surface area contributed by atoms with Crippen molar-refractivity contribution in [2.75, 3.05) is 19.5 Å². The summed E-state index contributed by atoms with van der Waals surface area (Å²) in [7, 11) is 3.17. The summed E-state index contributed by atoms with van der Waals surface area (Å²) in [5.41, 5.74) is 1.92. The van der Waals surface area contributed by atoms with Crippen molar-refractivity contribution >= 4 is 22.4 Å². The number of halogens is 1. The molecule has 5 nitrogen and oxygen atoms in total. The highest BCUT2D eigenvalue weighted by molar-refractivity contribution is 7.16. The molecule has 0 spiro atoms. The number of methoxy groups -OCH3 is 2. The maximum Gasteiger partial charge on any atom is 0.257 e. The smallest absolute Gasteiger partial charge is 0.257 e. The van der Waals surface area contributed by atoms with Gasteiger partial charge in [0, 0.05) is 16.0 Å². The molecule has 1 N–H and O–H groups in total. The number of nitrogens with zero attached hydrogens (tertiary/aromatic N) is 1. The van der Waals surface area contributed by atoms with Crippen LogP contribution in [-0.4, -0.2) is 25.1 Å². The molecule has 0 aliphatic carbocycles. The summed E-state index contributed by atoms with van der Waals surface area (Å²) in [6.45, 7) is 2.09. The standard InChI is InChI=1S/C21H21FN2O3S/c1-4-6-18-19(13-9-10-16(26-2)17(12-13)27-3)23-21(28-18)24-20(25)14-7-5-8-15(22)11-14/h5,7-12H,4,6H2,1-3H3,(H,23,24,25). The van der Waals surface area contributed by atoms with Crippen molar-refractivity contribution in [3.05, 3.63) is 58.7 Å². The van der Waals surface area contributed by atoms with E-state index in [9.17, 15) is 9.18 Å². The number of aromatic nitrogens is 1. The highest BCUT2D eigenvalue weighted by Crippen LogP contribution is 2.37. The quantitative estimate of drug-likeness (QED) is 0.594. The van der Waals surface area contributed by atoms with E-state index in [-0.39, 0.29) is 5.56 Å². The fourth-order valence-electron chi connectivity index (χ4n) is 2.81. The number of aryl methyl sites for hydroxylation is 1. The number of hydrogen-bond donors (Lipinski definition) is 1. The third-order valence-electron chi connectivity index (χ3n) is 4.14. The molecule has 0 bridgehead atoms. The lowest BCUT2D eigenvalue weighted by molar-refractivity contribution is 0.102. The summed E-state index contributed by atoms with van der Waals surface area (Å²) >= 11 is 1.42. The lowest BCUT2D eigenvalue weighted by Gasteiger charge is -2.09. The van der Waals surface area contributed by atoms with Crippen LogP contribution in [0.5, 0.6) is 11.5 Å². The lowest BCUT2D eigenvalue weighted by atomic mass is 10.1. The van der Waals surface area contributed by atoms with E-state index in [4.69, 9.17) is 9.47 Å². The topological polar surface area (TPSA) is 60.5 Å². The lowest BCUT2D eigenvalue weighted by Crippen LogP contribution is -2.11. The zero-order chi connectivity index (χ0) is 20.1. The molecule has 7 heteroatoms. The Hall–Kier alpha value is -2.93. The predicted octanol–water partition coefficient (Wildman–Crippen LogP) is 5.17. The third kappa shape index (κ3) is 4.31. The second kappa shape index (κ2) is 8.84. The normalized spacial score (nSPS) is 10.6. The first-order valence-electron chi connectivity index (χ1n) is 8.84. The number of amides is 1. The van der Waals surface area contributed by atoms with E-state index >= 15 is 0 Å². The van der Waals surface area contributed by atoms with Crippen LogP contribution in [0, 0.1) is 5.82 Å².